The lowest BCUT2D eigenvalue weighted by Gasteiger charge is -2.28. The van der Waals surface area contributed by atoms with Crippen molar-refractivity contribution < 1.29 is 0 Å². The zero-order chi connectivity index (χ0) is 11.5. The minimum Gasteiger partial charge on any atom is -0.371 e. The summed E-state index contributed by atoms with van der Waals surface area (Å²) in [5, 5.41) is 0. The van der Waals surface area contributed by atoms with Crippen molar-refractivity contribution in [3.8, 4) is 0 Å². The van der Waals surface area contributed by atoms with E-state index >= 15 is 0 Å². The molecule has 0 N–H and O–H groups in total. The first kappa shape index (κ1) is 11.3. The quantitative estimate of drug-likeness (QED) is 0.738. The average molecular weight is 215 g/mol. The van der Waals surface area contributed by atoms with Crippen molar-refractivity contribution in [3.05, 3.63) is 42.1 Å². The van der Waals surface area contributed by atoms with Gasteiger partial charge in [0.05, 0.1) is 0 Å². The van der Waals surface area contributed by atoms with E-state index in [9.17, 15) is 0 Å². The van der Waals surface area contributed by atoms with Crippen LogP contribution in [0.1, 0.15) is 39.2 Å². The molecule has 0 radical (unpaired) electrons. The van der Waals surface area contributed by atoms with E-state index in [-0.39, 0.29) is 0 Å². The molecule has 0 unspecified atom stereocenters. The molecule has 0 aromatic heterocycles. The van der Waals surface area contributed by atoms with E-state index in [1.165, 1.54) is 24.0 Å². The lowest BCUT2D eigenvalue weighted by Crippen LogP contribution is -2.32. The van der Waals surface area contributed by atoms with Gasteiger partial charge < -0.3 is 4.90 Å². The number of rotatable bonds is 3. The fourth-order valence-corrected chi connectivity index (χ4v) is 2.47. The molecule has 1 heterocycles. The van der Waals surface area contributed by atoms with Crippen LogP contribution in [0, 0.1) is 0 Å². The second-order valence-corrected chi connectivity index (χ2v) is 4.83. The maximum atomic E-state index is 2.50. The first-order valence-electron chi connectivity index (χ1n) is 6.26. The Morgan fingerprint density at radius 3 is 2.44 bits per heavy atom. The largest absolute Gasteiger partial charge is 0.371 e. The van der Waals surface area contributed by atoms with Crippen molar-refractivity contribution in [3.63, 3.8) is 0 Å². The summed E-state index contributed by atoms with van der Waals surface area (Å²) in [6.45, 7) is 6.82. The van der Waals surface area contributed by atoms with E-state index in [4.69, 9.17) is 0 Å². The lowest BCUT2D eigenvalue weighted by atomic mass is 10.0. The number of nitrogens with zero attached hydrogens (tertiary/aromatic N) is 1. The van der Waals surface area contributed by atoms with Crippen molar-refractivity contribution >= 4 is 5.57 Å². The van der Waals surface area contributed by atoms with Crippen molar-refractivity contribution in [2.75, 3.05) is 0 Å². The lowest BCUT2D eigenvalue weighted by molar-refractivity contribution is 0.242. The smallest absolute Gasteiger partial charge is 0.0325 e. The van der Waals surface area contributed by atoms with Gasteiger partial charge in [-0.25, -0.2) is 0 Å². The van der Waals surface area contributed by atoms with Gasteiger partial charge in [-0.05, 0) is 37.8 Å². The van der Waals surface area contributed by atoms with Gasteiger partial charge in [0, 0.05) is 18.3 Å². The fraction of sp³-hybridized carbons (Fsp3) is 0.467. The normalized spacial score (nSPS) is 20.4. The van der Waals surface area contributed by atoms with Gasteiger partial charge >= 0.3 is 0 Å². The van der Waals surface area contributed by atoms with Gasteiger partial charge in [-0.1, -0.05) is 37.3 Å². The zero-order valence-electron chi connectivity index (χ0n) is 10.5. The highest BCUT2D eigenvalue weighted by molar-refractivity contribution is 5.67. The van der Waals surface area contributed by atoms with E-state index in [1.807, 2.05) is 0 Å². The molecule has 1 aliphatic rings. The van der Waals surface area contributed by atoms with Crippen LogP contribution in [0.2, 0.25) is 0 Å². The van der Waals surface area contributed by atoms with E-state index in [0.29, 0.717) is 12.1 Å². The van der Waals surface area contributed by atoms with Gasteiger partial charge in [0.1, 0.15) is 0 Å². The molecular weight excluding hydrogens is 194 g/mol. The Bertz CT molecular complexity index is 364. The molecule has 1 nitrogen and oxygen atoms in total. The molecule has 0 saturated heterocycles. The van der Waals surface area contributed by atoms with Gasteiger partial charge in [-0.2, -0.15) is 0 Å². The first-order chi connectivity index (χ1) is 7.72. The summed E-state index contributed by atoms with van der Waals surface area (Å²) in [4.78, 5) is 2.50. The van der Waals surface area contributed by atoms with Gasteiger partial charge in [0.25, 0.3) is 0 Å². The topological polar surface area (TPSA) is 3.24 Å². The summed E-state index contributed by atoms with van der Waals surface area (Å²) in [6, 6.07) is 12.0. The molecule has 0 fully saturated rings. The second kappa shape index (κ2) is 4.73. The van der Waals surface area contributed by atoms with Crippen LogP contribution in [0.4, 0.5) is 0 Å². The Morgan fingerprint density at radius 2 is 1.94 bits per heavy atom. The van der Waals surface area contributed by atoms with Crippen LogP contribution in [-0.4, -0.2) is 17.0 Å². The monoisotopic (exact) mass is 215 g/mol. The van der Waals surface area contributed by atoms with Gasteiger partial charge in [-0.15, -0.1) is 0 Å². The highest BCUT2D eigenvalue weighted by atomic mass is 15.2. The molecule has 0 spiro atoms. The van der Waals surface area contributed by atoms with Crippen molar-refractivity contribution in [2.45, 2.75) is 45.7 Å². The van der Waals surface area contributed by atoms with Gasteiger partial charge in [0.2, 0.25) is 0 Å². The zero-order valence-corrected chi connectivity index (χ0v) is 10.5. The molecule has 0 saturated carbocycles. The fourth-order valence-electron chi connectivity index (χ4n) is 2.47. The number of hydrogen-bond acceptors (Lipinski definition) is 1. The van der Waals surface area contributed by atoms with E-state index < -0.39 is 0 Å². The molecule has 86 valence electrons. The van der Waals surface area contributed by atoms with Crippen molar-refractivity contribution in [1.29, 1.82) is 0 Å². The van der Waals surface area contributed by atoms with E-state index in [2.05, 4.69) is 62.2 Å². The third-order valence-corrected chi connectivity index (χ3v) is 3.39. The predicted octanol–water partition coefficient (Wildman–Crippen LogP) is 3.92. The third-order valence-electron chi connectivity index (χ3n) is 3.39. The Kier molecular flexibility index (Phi) is 3.33. The van der Waals surface area contributed by atoms with E-state index in [1.54, 1.807) is 0 Å². The maximum absolute atomic E-state index is 2.50. The minimum atomic E-state index is 0.603. The molecule has 1 aromatic rings. The van der Waals surface area contributed by atoms with E-state index in [0.717, 1.165) is 0 Å². The number of benzene rings is 1. The second-order valence-electron chi connectivity index (χ2n) is 4.83. The molecule has 1 heteroatoms. The SMILES string of the molecule is CC[C@@H]1CC(c2ccccc2)=CN1C(C)C. The van der Waals surface area contributed by atoms with Crippen LogP contribution < -0.4 is 0 Å². The highest BCUT2D eigenvalue weighted by Crippen LogP contribution is 2.32. The summed E-state index contributed by atoms with van der Waals surface area (Å²) in [5.74, 6) is 0. The summed E-state index contributed by atoms with van der Waals surface area (Å²) < 4.78 is 0. The Labute approximate surface area is 98.8 Å². The predicted molar refractivity (Wildman–Crippen MR) is 70.1 cm³/mol. The molecule has 16 heavy (non-hydrogen) atoms. The maximum Gasteiger partial charge on any atom is 0.0325 e. The minimum absolute atomic E-state index is 0.603. The van der Waals surface area contributed by atoms with Crippen LogP contribution in [0.25, 0.3) is 5.57 Å². The summed E-state index contributed by atoms with van der Waals surface area (Å²) in [7, 11) is 0. The summed E-state index contributed by atoms with van der Waals surface area (Å²) in [6.07, 6.45) is 4.78. The molecule has 1 aromatic carbocycles. The Hall–Kier alpha value is -1.24. The van der Waals surface area contributed by atoms with Crippen LogP contribution >= 0.6 is 0 Å². The number of hydrogen-bond donors (Lipinski definition) is 0. The highest BCUT2D eigenvalue weighted by Gasteiger charge is 2.25. The van der Waals surface area contributed by atoms with Crippen LogP contribution in [-0.2, 0) is 0 Å². The van der Waals surface area contributed by atoms with Crippen LogP contribution in [0.5, 0.6) is 0 Å². The first-order valence-corrected chi connectivity index (χ1v) is 6.26. The molecule has 1 atom stereocenters. The third kappa shape index (κ3) is 2.13. The standard InChI is InChI=1S/C15H21N/c1-4-15-10-14(11-16(15)12(2)3)13-8-6-5-7-9-13/h5-9,11-12,15H,4,10H2,1-3H3/t15-/m1/s1. The molecule has 0 amide bonds. The molecule has 2 rings (SSSR count). The van der Waals surface area contributed by atoms with Gasteiger partial charge in [-0.3, -0.25) is 0 Å². The van der Waals surface area contributed by atoms with Crippen LogP contribution in [0.15, 0.2) is 36.5 Å². The van der Waals surface area contributed by atoms with Gasteiger partial charge in [0.15, 0.2) is 0 Å². The molecule has 1 aliphatic heterocycles. The molecule has 0 aliphatic carbocycles. The Morgan fingerprint density at radius 1 is 1.25 bits per heavy atom. The van der Waals surface area contributed by atoms with Crippen molar-refractivity contribution in [2.24, 2.45) is 0 Å². The molecular formula is C15H21N. The molecule has 0 bridgehead atoms. The van der Waals surface area contributed by atoms with Crippen molar-refractivity contribution in [1.82, 2.24) is 4.90 Å². The average Bonchev–Trinajstić information content (AvgIpc) is 2.74. The Balaban J connectivity index is 2.22. The summed E-state index contributed by atoms with van der Waals surface area (Å²) >= 11 is 0. The summed E-state index contributed by atoms with van der Waals surface area (Å²) in [5.41, 5.74) is 2.87. The van der Waals surface area contributed by atoms with Crippen LogP contribution in [0.3, 0.4) is 0 Å².